The number of nitrogens with one attached hydrogen (secondary N) is 1. The molecule has 1 amide bonds. The van der Waals surface area contributed by atoms with Gasteiger partial charge in [-0.15, -0.1) is 0 Å². The van der Waals surface area contributed by atoms with Gasteiger partial charge in [0.2, 0.25) is 11.7 Å². The van der Waals surface area contributed by atoms with Crippen molar-refractivity contribution in [3.8, 4) is 11.1 Å². The number of fused-ring (bicyclic) bond motifs is 1. The summed E-state index contributed by atoms with van der Waals surface area (Å²) in [6, 6.07) is 22.2. The minimum atomic E-state index is -0.331. The van der Waals surface area contributed by atoms with Gasteiger partial charge in [0.1, 0.15) is 11.6 Å². The van der Waals surface area contributed by atoms with E-state index in [9.17, 15) is 14.0 Å². The van der Waals surface area contributed by atoms with E-state index in [0.29, 0.717) is 35.7 Å². The number of carbonyl (C=O) groups excluding carboxylic acids is 1. The number of hydrazone groups is 1. The van der Waals surface area contributed by atoms with Gasteiger partial charge in [-0.2, -0.15) is 15.2 Å². The first-order valence-electron chi connectivity index (χ1n) is 13.7. The third-order valence-corrected chi connectivity index (χ3v) is 7.29. The Morgan fingerprint density at radius 2 is 1.71 bits per heavy atom. The lowest BCUT2D eigenvalue weighted by Crippen LogP contribution is -2.30. The lowest BCUT2D eigenvalue weighted by atomic mass is 9.91. The van der Waals surface area contributed by atoms with Crippen LogP contribution in [0.4, 0.5) is 4.39 Å². The van der Waals surface area contributed by atoms with Crippen molar-refractivity contribution in [2.45, 2.75) is 46.1 Å². The highest BCUT2D eigenvalue weighted by molar-refractivity contribution is 6.16. The van der Waals surface area contributed by atoms with Gasteiger partial charge < -0.3 is 0 Å². The zero-order chi connectivity index (χ0) is 28.5. The van der Waals surface area contributed by atoms with E-state index in [2.05, 4.69) is 27.5 Å². The Morgan fingerprint density at radius 1 is 0.951 bits per heavy atom. The van der Waals surface area contributed by atoms with Gasteiger partial charge in [-0.05, 0) is 53.8 Å². The summed E-state index contributed by atoms with van der Waals surface area (Å²) in [6.45, 7) is 4.11. The van der Waals surface area contributed by atoms with Crippen molar-refractivity contribution in [2.75, 3.05) is 0 Å². The van der Waals surface area contributed by atoms with Gasteiger partial charge in [0.25, 0.3) is 5.56 Å². The van der Waals surface area contributed by atoms with Crippen molar-refractivity contribution in [3.63, 3.8) is 0 Å². The predicted octanol–water partition coefficient (Wildman–Crippen LogP) is 4.82. The maximum Gasteiger partial charge on any atom is 0.259 e. The number of hydrogen-bond donors (Lipinski definition) is 1. The second kappa shape index (κ2) is 10.9. The van der Waals surface area contributed by atoms with Crippen LogP contribution in [-0.4, -0.2) is 30.8 Å². The molecule has 6 rings (SSSR count). The molecule has 2 aromatic heterocycles. The van der Waals surface area contributed by atoms with Gasteiger partial charge in [-0.25, -0.2) is 14.3 Å². The van der Waals surface area contributed by atoms with Gasteiger partial charge in [0, 0.05) is 17.5 Å². The fourth-order valence-electron chi connectivity index (χ4n) is 5.38. The van der Waals surface area contributed by atoms with Crippen LogP contribution in [0.15, 0.2) is 82.7 Å². The average Bonchev–Trinajstić information content (AvgIpc) is 3.59. The summed E-state index contributed by atoms with van der Waals surface area (Å²) in [4.78, 5) is 30.8. The first-order valence-corrected chi connectivity index (χ1v) is 13.7. The Labute approximate surface area is 236 Å². The number of hydrogen-bond acceptors (Lipinski definition) is 5. The smallest absolute Gasteiger partial charge is 0.259 e. The van der Waals surface area contributed by atoms with Crippen molar-refractivity contribution >= 4 is 17.4 Å². The summed E-state index contributed by atoms with van der Waals surface area (Å²) in [5.41, 5.74) is 9.08. The monoisotopic (exact) mass is 548 g/mol. The maximum absolute atomic E-state index is 14.2. The van der Waals surface area contributed by atoms with Crippen molar-refractivity contribution in [1.29, 1.82) is 0 Å². The fraction of sp³-hybridized carbons (Fsp3) is 0.219. The van der Waals surface area contributed by atoms with E-state index in [-0.39, 0.29) is 30.2 Å². The molecule has 1 aliphatic heterocycles. The highest BCUT2D eigenvalue weighted by Crippen LogP contribution is 2.28. The Kier molecular flexibility index (Phi) is 7.01. The number of carbonyl (C=O) groups is 1. The number of aryl methyl sites for hydroxylation is 2. The van der Waals surface area contributed by atoms with Gasteiger partial charge in [0.15, 0.2) is 0 Å². The van der Waals surface area contributed by atoms with Crippen LogP contribution in [0.2, 0.25) is 0 Å². The van der Waals surface area contributed by atoms with Crippen LogP contribution in [-0.2, 0) is 24.2 Å². The Bertz CT molecular complexity index is 1860. The summed E-state index contributed by atoms with van der Waals surface area (Å²) >= 11 is 0. The third kappa shape index (κ3) is 5.18. The lowest BCUT2D eigenvalue weighted by molar-refractivity contribution is -0.119. The van der Waals surface area contributed by atoms with Crippen LogP contribution in [0.3, 0.4) is 0 Å². The Hall–Kier alpha value is -4.92. The lowest BCUT2D eigenvalue weighted by Gasteiger charge is -2.17. The van der Waals surface area contributed by atoms with Crippen molar-refractivity contribution < 1.29 is 9.18 Å². The van der Waals surface area contributed by atoms with Crippen LogP contribution >= 0.6 is 0 Å². The maximum atomic E-state index is 14.2. The molecule has 0 aliphatic carbocycles. The quantitative estimate of drug-likeness (QED) is 0.301. The minimum Gasteiger partial charge on any atom is -0.273 e. The third-order valence-electron chi connectivity index (χ3n) is 7.29. The SMILES string of the molecule is CCCc1c(Cc2ccc(-c3ccccc3)c(C3=NNC(=O)C3)c2)c(=O)n(Cc2ccc(F)cc2)c2nc(C)nn12. The van der Waals surface area contributed by atoms with Gasteiger partial charge >= 0.3 is 0 Å². The van der Waals surface area contributed by atoms with E-state index in [1.54, 1.807) is 28.1 Å². The molecule has 0 bridgehead atoms. The van der Waals surface area contributed by atoms with E-state index < -0.39 is 0 Å². The molecule has 1 N–H and O–H groups in total. The zero-order valence-corrected chi connectivity index (χ0v) is 22.9. The second-order valence-corrected chi connectivity index (χ2v) is 10.3. The summed E-state index contributed by atoms with van der Waals surface area (Å²) in [5, 5.41) is 8.95. The van der Waals surface area contributed by atoms with E-state index >= 15 is 0 Å². The fourth-order valence-corrected chi connectivity index (χ4v) is 5.38. The number of rotatable bonds is 8. The molecule has 41 heavy (non-hydrogen) atoms. The van der Waals surface area contributed by atoms with E-state index in [1.165, 1.54) is 12.1 Å². The Balaban J connectivity index is 1.49. The summed E-state index contributed by atoms with van der Waals surface area (Å²) < 4.78 is 17.0. The molecule has 206 valence electrons. The van der Waals surface area contributed by atoms with Gasteiger partial charge in [-0.3, -0.25) is 14.2 Å². The first-order chi connectivity index (χ1) is 19.9. The van der Waals surface area contributed by atoms with Crippen LogP contribution < -0.4 is 11.0 Å². The number of nitrogens with zero attached hydrogens (tertiary/aromatic N) is 5. The largest absolute Gasteiger partial charge is 0.273 e. The number of aromatic nitrogens is 4. The van der Waals surface area contributed by atoms with Gasteiger partial charge in [0.05, 0.1) is 24.4 Å². The molecular weight excluding hydrogens is 519 g/mol. The van der Waals surface area contributed by atoms with Crippen LogP contribution in [0.5, 0.6) is 0 Å². The molecule has 0 unspecified atom stereocenters. The van der Waals surface area contributed by atoms with Crippen molar-refractivity contribution in [3.05, 3.63) is 123 Å². The molecule has 5 aromatic rings. The summed E-state index contributed by atoms with van der Waals surface area (Å²) in [6.07, 6.45) is 2.04. The van der Waals surface area contributed by atoms with E-state index in [0.717, 1.165) is 39.9 Å². The van der Waals surface area contributed by atoms with E-state index in [4.69, 9.17) is 0 Å². The topological polar surface area (TPSA) is 93.6 Å². The molecule has 0 fully saturated rings. The molecule has 0 saturated carbocycles. The van der Waals surface area contributed by atoms with Crippen molar-refractivity contribution in [2.24, 2.45) is 5.10 Å². The molecule has 3 aromatic carbocycles. The van der Waals surface area contributed by atoms with Crippen LogP contribution in [0.25, 0.3) is 16.9 Å². The summed E-state index contributed by atoms with van der Waals surface area (Å²) in [5.74, 6) is 0.555. The van der Waals surface area contributed by atoms with Crippen LogP contribution in [0.1, 0.15) is 53.5 Å². The molecule has 3 heterocycles. The van der Waals surface area contributed by atoms with Crippen molar-refractivity contribution in [1.82, 2.24) is 24.6 Å². The molecule has 0 saturated heterocycles. The molecule has 9 heteroatoms. The number of benzene rings is 3. The Morgan fingerprint density at radius 3 is 2.41 bits per heavy atom. The van der Waals surface area contributed by atoms with E-state index in [1.807, 2.05) is 48.5 Å². The van der Waals surface area contributed by atoms with Crippen LogP contribution in [0, 0.1) is 12.7 Å². The molecule has 0 radical (unpaired) electrons. The number of halogens is 1. The normalized spacial score (nSPS) is 13.0. The minimum absolute atomic E-state index is 0.148. The first kappa shape index (κ1) is 26.3. The molecule has 0 spiro atoms. The second-order valence-electron chi connectivity index (χ2n) is 10.3. The van der Waals surface area contributed by atoms with Gasteiger partial charge in [-0.1, -0.05) is 67.9 Å². The predicted molar refractivity (Wildman–Crippen MR) is 155 cm³/mol. The zero-order valence-electron chi connectivity index (χ0n) is 22.9. The molecular formula is C32H29FN6O2. The standard InChI is InChI=1S/C32H29FN6O2/c1-3-7-29-27(31(41)38(32-34-20(2)37-39(29)32)19-21-10-13-24(33)14-11-21)17-22-12-15-25(23-8-5-4-6-9-23)26(16-22)28-18-30(40)36-35-28/h4-6,8-16H,3,7,17-19H2,1-2H3,(H,36,40). The molecule has 8 nitrogen and oxygen atoms in total. The average molecular weight is 549 g/mol. The highest BCUT2D eigenvalue weighted by atomic mass is 19.1. The molecule has 1 aliphatic rings. The summed E-state index contributed by atoms with van der Waals surface area (Å²) in [7, 11) is 0. The highest BCUT2D eigenvalue weighted by Gasteiger charge is 2.23. The number of amides is 1. The molecule has 0 atom stereocenters.